The van der Waals surface area contributed by atoms with E-state index in [4.69, 9.17) is 16.3 Å². The third-order valence-corrected chi connectivity index (χ3v) is 2.60. The minimum atomic E-state index is -0.476. The molecule has 16 heavy (non-hydrogen) atoms. The Kier molecular flexibility index (Phi) is 3.11. The van der Waals surface area contributed by atoms with Crippen molar-refractivity contribution in [2.45, 2.75) is 6.92 Å². The number of rotatable bonds is 2. The van der Waals surface area contributed by atoms with Gasteiger partial charge < -0.3 is 4.74 Å². The fourth-order valence-corrected chi connectivity index (χ4v) is 2.02. The molecule has 0 aliphatic heterocycles. The van der Waals surface area contributed by atoms with Gasteiger partial charge in [0.1, 0.15) is 0 Å². The molecule has 84 valence electrons. The summed E-state index contributed by atoms with van der Waals surface area (Å²) in [4.78, 5) is 15.5. The maximum atomic E-state index is 11.4. The van der Waals surface area contributed by atoms with Gasteiger partial charge in [-0.15, -0.1) is 0 Å². The molecule has 0 radical (unpaired) electrons. The Morgan fingerprint density at radius 3 is 3.12 bits per heavy atom. The molecular weight excluding hydrogens is 297 g/mol. The van der Waals surface area contributed by atoms with Crippen LogP contribution in [-0.2, 0) is 4.74 Å². The standard InChI is InChI=1S/C9H7BrClN3O2/c1-2-16-9(15)6-4-14-8(12-6)5(10)3-7(11)13-14/h3-4H,2H2,1H3. The molecule has 0 atom stereocenters. The van der Waals surface area contributed by atoms with Gasteiger partial charge in [0, 0.05) is 0 Å². The third-order valence-electron chi connectivity index (χ3n) is 1.84. The molecule has 0 saturated heterocycles. The maximum Gasteiger partial charge on any atom is 0.358 e. The number of aromatic nitrogens is 3. The molecular formula is C9H7BrClN3O2. The zero-order valence-corrected chi connectivity index (χ0v) is 10.6. The van der Waals surface area contributed by atoms with E-state index >= 15 is 0 Å². The van der Waals surface area contributed by atoms with Crippen molar-refractivity contribution in [2.75, 3.05) is 6.61 Å². The van der Waals surface area contributed by atoms with Crippen molar-refractivity contribution in [3.8, 4) is 0 Å². The number of fused-ring (bicyclic) bond motifs is 1. The molecule has 0 aromatic carbocycles. The first kappa shape index (κ1) is 11.3. The molecule has 5 nitrogen and oxygen atoms in total. The van der Waals surface area contributed by atoms with Gasteiger partial charge in [-0.3, -0.25) is 0 Å². The molecule has 2 aromatic rings. The van der Waals surface area contributed by atoms with E-state index in [1.165, 1.54) is 10.7 Å². The van der Waals surface area contributed by atoms with Gasteiger partial charge in [0.05, 0.1) is 17.3 Å². The summed E-state index contributed by atoms with van der Waals surface area (Å²) in [5.41, 5.74) is 0.727. The highest BCUT2D eigenvalue weighted by molar-refractivity contribution is 9.10. The fourth-order valence-electron chi connectivity index (χ4n) is 1.21. The van der Waals surface area contributed by atoms with E-state index in [9.17, 15) is 4.79 Å². The first-order valence-corrected chi connectivity index (χ1v) is 5.67. The predicted molar refractivity (Wildman–Crippen MR) is 61.7 cm³/mol. The number of esters is 1. The van der Waals surface area contributed by atoms with Gasteiger partial charge >= 0.3 is 5.97 Å². The Labute approximate surface area is 104 Å². The van der Waals surface area contributed by atoms with Crippen LogP contribution < -0.4 is 0 Å². The summed E-state index contributed by atoms with van der Waals surface area (Å²) < 4.78 is 6.94. The lowest BCUT2D eigenvalue weighted by Crippen LogP contribution is -2.04. The lowest BCUT2D eigenvalue weighted by Gasteiger charge is -1.95. The normalized spacial score (nSPS) is 10.7. The van der Waals surface area contributed by atoms with Crippen molar-refractivity contribution in [1.29, 1.82) is 0 Å². The number of halogens is 2. The molecule has 0 fully saturated rings. The first-order valence-electron chi connectivity index (χ1n) is 4.50. The predicted octanol–water partition coefficient (Wildman–Crippen LogP) is 2.32. The van der Waals surface area contributed by atoms with Crippen LogP contribution in [-0.4, -0.2) is 27.2 Å². The largest absolute Gasteiger partial charge is 0.461 e. The van der Waals surface area contributed by atoms with Crippen LogP contribution in [0.4, 0.5) is 0 Å². The van der Waals surface area contributed by atoms with Gasteiger partial charge in [-0.2, -0.15) is 5.10 Å². The van der Waals surface area contributed by atoms with Crippen LogP contribution in [0.2, 0.25) is 5.15 Å². The smallest absolute Gasteiger partial charge is 0.358 e. The number of carbonyl (C=O) groups excluding carboxylic acids is 1. The van der Waals surface area contributed by atoms with E-state index in [-0.39, 0.29) is 5.69 Å². The van der Waals surface area contributed by atoms with E-state index in [0.717, 1.165) is 0 Å². The Balaban J connectivity index is 2.51. The molecule has 0 unspecified atom stereocenters. The Morgan fingerprint density at radius 2 is 2.44 bits per heavy atom. The minimum absolute atomic E-state index is 0.206. The number of hydrogen-bond donors (Lipinski definition) is 0. The summed E-state index contributed by atoms with van der Waals surface area (Å²) in [5.74, 6) is -0.476. The van der Waals surface area contributed by atoms with Crippen molar-refractivity contribution >= 4 is 39.1 Å². The Morgan fingerprint density at radius 1 is 1.69 bits per heavy atom. The van der Waals surface area contributed by atoms with E-state index in [2.05, 4.69) is 26.0 Å². The van der Waals surface area contributed by atoms with Crippen molar-refractivity contribution in [1.82, 2.24) is 14.6 Å². The highest BCUT2D eigenvalue weighted by Crippen LogP contribution is 2.20. The third kappa shape index (κ3) is 2.03. The van der Waals surface area contributed by atoms with Crippen molar-refractivity contribution in [3.05, 3.63) is 27.6 Å². The molecule has 0 bridgehead atoms. The van der Waals surface area contributed by atoms with Gasteiger partial charge in [0.2, 0.25) is 0 Å². The second-order valence-corrected chi connectivity index (χ2v) is 4.17. The minimum Gasteiger partial charge on any atom is -0.461 e. The van der Waals surface area contributed by atoms with E-state index in [1.54, 1.807) is 13.0 Å². The van der Waals surface area contributed by atoms with Gasteiger partial charge in [-0.25, -0.2) is 14.3 Å². The zero-order valence-electron chi connectivity index (χ0n) is 8.28. The molecule has 7 heteroatoms. The average Bonchev–Trinajstić information content (AvgIpc) is 2.62. The maximum absolute atomic E-state index is 11.4. The second-order valence-electron chi connectivity index (χ2n) is 2.93. The summed E-state index contributed by atoms with van der Waals surface area (Å²) in [5, 5.41) is 4.29. The van der Waals surface area contributed by atoms with Gasteiger partial charge in [0.15, 0.2) is 16.5 Å². The molecule has 0 saturated carbocycles. The fraction of sp³-hybridized carbons (Fsp3) is 0.222. The second kappa shape index (κ2) is 4.39. The van der Waals surface area contributed by atoms with Crippen LogP contribution in [0, 0.1) is 0 Å². The van der Waals surface area contributed by atoms with Crippen LogP contribution in [0.5, 0.6) is 0 Å². The zero-order chi connectivity index (χ0) is 11.7. The Bertz CT molecular complexity index is 555. The van der Waals surface area contributed by atoms with Crippen LogP contribution in [0.15, 0.2) is 16.7 Å². The van der Waals surface area contributed by atoms with Gasteiger partial charge in [-0.05, 0) is 28.9 Å². The topological polar surface area (TPSA) is 56.5 Å². The lowest BCUT2D eigenvalue weighted by molar-refractivity contribution is 0.0520. The Hall–Kier alpha value is -1.14. The summed E-state index contributed by atoms with van der Waals surface area (Å²) in [6.07, 6.45) is 1.48. The molecule has 0 aliphatic rings. The van der Waals surface area contributed by atoms with Crippen LogP contribution in [0.3, 0.4) is 0 Å². The van der Waals surface area contributed by atoms with E-state index < -0.39 is 5.97 Å². The molecule has 0 amide bonds. The van der Waals surface area contributed by atoms with Gasteiger partial charge in [-0.1, -0.05) is 11.6 Å². The van der Waals surface area contributed by atoms with Crippen molar-refractivity contribution in [2.24, 2.45) is 0 Å². The number of ether oxygens (including phenoxy) is 1. The van der Waals surface area contributed by atoms with Crippen LogP contribution in [0.1, 0.15) is 17.4 Å². The summed E-state index contributed by atoms with van der Waals surface area (Å²) in [6, 6.07) is 1.61. The molecule has 2 rings (SSSR count). The van der Waals surface area contributed by atoms with Crippen LogP contribution >= 0.6 is 27.5 Å². The average molecular weight is 305 g/mol. The molecule has 0 aliphatic carbocycles. The molecule has 2 aromatic heterocycles. The van der Waals surface area contributed by atoms with Gasteiger partial charge in [0.25, 0.3) is 0 Å². The van der Waals surface area contributed by atoms with E-state index in [1.807, 2.05) is 0 Å². The molecule has 0 N–H and O–H groups in total. The summed E-state index contributed by atoms with van der Waals surface area (Å²) in [6.45, 7) is 2.04. The molecule has 0 spiro atoms. The van der Waals surface area contributed by atoms with Crippen LogP contribution in [0.25, 0.3) is 5.65 Å². The number of carbonyl (C=O) groups is 1. The summed E-state index contributed by atoms with van der Waals surface area (Å²) in [7, 11) is 0. The monoisotopic (exact) mass is 303 g/mol. The van der Waals surface area contributed by atoms with Crippen molar-refractivity contribution < 1.29 is 9.53 Å². The van der Waals surface area contributed by atoms with E-state index in [0.29, 0.717) is 21.9 Å². The number of hydrogen-bond acceptors (Lipinski definition) is 4. The number of nitrogens with zero attached hydrogens (tertiary/aromatic N) is 3. The first-order chi connectivity index (χ1) is 7.61. The summed E-state index contributed by atoms with van der Waals surface area (Å²) >= 11 is 9.06. The SMILES string of the molecule is CCOC(=O)c1cn2nc(Cl)cc(Br)c2n1. The highest BCUT2D eigenvalue weighted by atomic mass is 79.9. The quantitative estimate of drug-likeness (QED) is 0.799. The lowest BCUT2D eigenvalue weighted by atomic mass is 10.5. The van der Waals surface area contributed by atoms with Crippen molar-refractivity contribution in [3.63, 3.8) is 0 Å². The molecule has 2 heterocycles. The number of imidazole rings is 1. The highest BCUT2D eigenvalue weighted by Gasteiger charge is 2.14.